The van der Waals surface area contributed by atoms with E-state index in [0.29, 0.717) is 0 Å². The molecule has 14 heavy (non-hydrogen) atoms. The van der Waals surface area contributed by atoms with Crippen molar-refractivity contribution in [3.63, 3.8) is 0 Å². The first-order valence-corrected chi connectivity index (χ1v) is 5.02. The Labute approximate surface area is 83.9 Å². The number of rotatable bonds is 2. The van der Waals surface area contributed by atoms with Crippen LogP contribution in [0, 0.1) is 5.82 Å². The van der Waals surface area contributed by atoms with Crippen LogP contribution < -0.4 is 0 Å². The third-order valence-corrected chi connectivity index (χ3v) is 2.60. The Bertz CT molecular complexity index is 340. The predicted octanol–water partition coefficient (Wildman–Crippen LogP) is 2.89. The van der Waals surface area contributed by atoms with Crippen LogP contribution >= 0.6 is 0 Å². The summed E-state index contributed by atoms with van der Waals surface area (Å²) < 4.78 is 12.7. The van der Waals surface area contributed by atoms with Gasteiger partial charge in [-0.3, -0.25) is 0 Å². The van der Waals surface area contributed by atoms with Gasteiger partial charge in [0.25, 0.3) is 0 Å². The Morgan fingerprint density at radius 3 is 2.64 bits per heavy atom. The van der Waals surface area contributed by atoms with E-state index in [1.54, 1.807) is 0 Å². The van der Waals surface area contributed by atoms with Crippen molar-refractivity contribution in [2.24, 2.45) is 0 Å². The van der Waals surface area contributed by atoms with Gasteiger partial charge in [0.1, 0.15) is 5.82 Å². The Morgan fingerprint density at radius 2 is 2.00 bits per heavy atom. The lowest BCUT2D eigenvalue weighted by Gasteiger charge is -2.20. The lowest BCUT2D eigenvalue weighted by Crippen LogP contribution is -2.17. The highest BCUT2D eigenvalue weighted by Gasteiger charge is 2.14. The first kappa shape index (κ1) is 9.25. The molecule has 1 nitrogen and oxygen atoms in total. The van der Waals surface area contributed by atoms with Crippen LogP contribution in [0.15, 0.2) is 30.3 Å². The van der Waals surface area contributed by atoms with Gasteiger partial charge in [-0.25, -0.2) is 4.39 Å². The van der Waals surface area contributed by atoms with Gasteiger partial charge in [-0.2, -0.15) is 0 Å². The summed E-state index contributed by atoms with van der Waals surface area (Å²) >= 11 is 0. The molecular formula is C12H14FN. The number of halogens is 1. The van der Waals surface area contributed by atoms with Crippen molar-refractivity contribution >= 4 is 5.70 Å². The van der Waals surface area contributed by atoms with E-state index in [1.807, 2.05) is 12.1 Å². The predicted molar refractivity (Wildman–Crippen MR) is 56.2 cm³/mol. The molecule has 0 aromatic heterocycles. The van der Waals surface area contributed by atoms with Gasteiger partial charge < -0.3 is 4.90 Å². The molecule has 0 bridgehead atoms. The van der Waals surface area contributed by atoms with E-state index < -0.39 is 0 Å². The second kappa shape index (κ2) is 3.82. The van der Waals surface area contributed by atoms with E-state index in [0.717, 1.165) is 25.1 Å². The molecule has 0 unspecified atom stereocenters. The Morgan fingerprint density at radius 1 is 1.29 bits per heavy atom. The normalized spacial score (nSPS) is 15.9. The van der Waals surface area contributed by atoms with Crippen molar-refractivity contribution in [1.29, 1.82) is 0 Å². The van der Waals surface area contributed by atoms with Gasteiger partial charge >= 0.3 is 0 Å². The molecule has 1 heterocycles. The molecule has 0 aliphatic carbocycles. The third-order valence-electron chi connectivity index (χ3n) is 2.60. The number of benzene rings is 1. The second-order valence-electron chi connectivity index (χ2n) is 3.46. The summed E-state index contributed by atoms with van der Waals surface area (Å²) in [6.45, 7) is 4.25. The van der Waals surface area contributed by atoms with Crippen molar-refractivity contribution in [1.82, 2.24) is 4.90 Å². The fraction of sp³-hybridized carbons (Fsp3) is 0.333. The quantitative estimate of drug-likeness (QED) is 0.694. The summed E-state index contributed by atoms with van der Waals surface area (Å²) in [4.78, 5) is 2.31. The zero-order valence-electron chi connectivity index (χ0n) is 8.33. The van der Waals surface area contributed by atoms with Crippen LogP contribution in [0.2, 0.25) is 0 Å². The molecule has 0 saturated carbocycles. The molecule has 1 aromatic rings. The zero-order chi connectivity index (χ0) is 9.97. The van der Waals surface area contributed by atoms with Crippen molar-refractivity contribution in [2.45, 2.75) is 13.3 Å². The first-order valence-electron chi connectivity index (χ1n) is 5.02. The minimum atomic E-state index is -0.171. The molecule has 0 saturated heterocycles. The molecular weight excluding hydrogens is 177 g/mol. The SMILES string of the molecule is CCN1CCC=C1c1ccc(F)cc1. The molecule has 0 atom stereocenters. The van der Waals surface area contributed by atoms with E-state index >= 15 is 0 Å². The molecule has 74 valence electrons. The standard InChI is InChI=1S/C12H14FN/c1-2-14-9-3-4-12(14)10-5-7-11(13)8-6-10/h4-8H,2-3,9H2,1H3. The van der Waals surface area contributed by atoms with E-state index in [-0.39, 0.29) is 5.82 Å². The van der Waals surface area contributed by atoms with Crippen LogP contribution in [-0.4, -0.2) is 18.0 Å². The monoisotopic (exact) mass is 191 g/mol. The number of hydrogen-bond acceptors (Lipinski definition) is 1. The molecule has 0 radical (unpaired) electrons. The molecule has 0 spiro atoms. The van der Waals surface area contributed by atoms with Crippen molar-refractivity contribution in [2.75, 3.05) is 13.1 Å². The summed E-state index contributed by atoms with van der Waals surface area (Å²) in [7, 11) is 0. The van der Waals surface area contributed by atoms with Crippen LogP contribution in [-0.2, 0) is 0 Å². The van der Waals surface area contributed by atoms with Crippen LogP contribution in [0.25, 0.3) is 5.70 Å². The molecule has 0 fully saturated rings. The van der Waals surface area contributed by atoms with Gasteiger partial charge in [0.2, 0.25) is 0 Å². The summed E-state index contributed by atoms with van der Waals surface area (Å²) in [6.07, 6.45) is 3.32. The Balaban J connectivity index is 2.26. The fourth-order valence-corrected chi connectivity index (χ4v) is 1.86. The van der Waals surface area contributed by atoms with Crippen molar-refractivity contribution in [3.05, 3.63) is 41.7 Å². The van der Waals surface area contributed by atoms with Crippen LogP contribution in [0.4, 0.5) is 4.39 Å². The molecule has 1 aliphatic rings. The second-order valence-corrected chi connectivity index (χ2v) is 3.46. The maximum absolute atomic E-state index is 12.7. The minimum Gasteiger partial charge on any atom is -0.371 e. The summed E-state index contributed by atoms with van der Waals surface area (Å²) in [5.74, 6) is -0.171. The molecule has 2 rings (SSSR count). The smallest absolute Gasteiger partial charge is 0.123 e. The average Bonchev–Trinajstić information content (AvgIpc) is 2.67. The third kappa shape index (κ3) is 1.65. The highest BCUT2D eigenvalue weighted by Crippen LogP contribution is 2.24. The fourth-order valence-electron chi connectivity index (χ4n) is 1.86. The topological polar surface area (TPSA) is 3.24 Å². The van der Waals surface area contributed by atoms with Crippen LogP contribution in [0.5, 0.6) is 0 Å². The minimum absolute atomic E-state index is 0.171. The number of hydrogen-bond donors (Lipinski definition) is 0. The first-order chi connectivity index (χ1) is 6.81. The van der Waals surface area contributed by atoms with E-state index in [9.17, 15) is 4.39 Å². The summed E-state index contributed by atoms with van der Waals surface area (Å²) in [5, 5.41) is 0. The average molecular weight is 191 g/mol. The van der Waals surface area contributed by atoms with Gasteiger partial charge in [-0.15, -0.1) is 0 Å². The van der Waals surface area contributed by atoms with Gasteiger partial charge in [0, 0.05) is 18.8 Å². The molecule has 0 N–H and O–H groups in total. The highest BCUT2D eigenvalue weighted by atomic mass is 19.1. The van der Waals surface area contributed by atoms with E-state index in [2.05, 4.69) is 17.9 Å². The summed E-state index contributed by atoms with van der Waals surface area (Å²) in [5.41, 5.74) is 2.36. The maximum Gasteiger partial charge on any atom is 0.123 e. The lowest BCUT2D eigenvalue weighted by molar-refractivity contribution is 0.449. The van der Waals surface area contributed by atoms with E-state index in [1.165, 1.54) is 17.8 Å². The maximum atomic E-state index is 12.7. The van der Waals surface area contributed by atoms with Crippen LogP contribution in [0.1, 0.15) is 18.9 Å². The van der Waals surface area contributed by atoms with Gasteiger partial charge in [-0.05, 0) is 31.0 Å². The Kier molecular flexibility index (Phi) is 2.53. The van der Waals surface area contributed by atoms with Crippen LogP contribution in [0.3, 0.4) is 0 Å². The van der Waals surface area contributed by atoms with E-state index in [4.69, 9.17) is 0 Å². The van der Waals surface area contributed by atoms with Gasteiger partial charge in [0.05, 0.1) is 0 Å². The Hall–Kier alpha value is -1.31. The van der Waals surface area contributed by atoms with Gasteiger partial charge in [0.15, 0.2) is 0 Å². The highest BCUT2D eigenvalue weighted by molar-refractivity contribution is 5.65. The molecule has 1 aromatic carbocycles. The van der Waals surface area contributed by atoms with Gasteiger partial charge in [-0.1, -0.05) is 18.2 Å². The zero-order valence-corrected chi connectivity index (χ0v) is 8.33. The molecule has 1 aliphatic heterocycles. The summed E-state index contributed by atoms with van der Waals surface area (Å²) in [6, 6.07) is 6.72. The van der Waals surface area contributed by atoms with Crippen molar-refractivity contribution < 1.29 is 4.39 Å². The largest absolute Gasteiger partial charge is 0.371 e. The number of nitrogens with zero attached hydrogens (tertiary/aromatic N) is 1. The molecule has 0 amide bonds. The molecule has 2 heteroatoms. The van der Waals surface area contributed by atoms with Crippen molar-refractivity contribution in [3.8, 4) is 0 Å². The lowest BCUT2D eigenvalue weighted by atomic mass is 10.1.